The van der Waals surface area contributed by atoms with Crippen LogP contribution in [0, 0.1) is 0 Å². The van der Waals surface area contributed by atoms with Crippen LogP contribution in [0.15, 0.2) is 70.4 Å². The van der Waals surface area contributed by atoms with Gasteiger partial charge in [0, 0.05) is 51.7 Å². The Kier molecular flexibility index (Phi) is 10.3. The van der Waals surface area contributed by atoms with Crippen LogP contribution in [0.3, 0.4) is 0 Å². The van der Waals surface area contributed by atoms with Gasteiger partial charge in [0.2, 0.25) is 11.3 Å². The standard InChI is InChI=1S/C31H30Cl2N8O4/c1-4-41(5-2)24-14-10-20(26(16-24)44-18-21-7-11-22(32)15-25(21)33)17-34-38-28-27(36-29-30(37-28)40-45-39-29)35-23-12-8-19(9-13-23)31(42)43-6-3/h7-17H,4-6,18H2,1-3H3,(H,35,36,39)(H,37,38,40). The van der Waals surface area contributed by atoms with E-state index in [4.69, 9.17) is 37.3 Å². The highest BCUT2D eigenvalue weighted by Crippen LogP contribution is 2.29. The van der Waals surface area contributed by atoms with Crippen LogP contribution in [0.5, 0.6) is 5.75 Å². The van der Waals surface area contributed by atoms with Crippen LogP contribution >= 0.6 is 23.2 Å². The average Bonchev–Trinajstić information content (AvgIpc) is 3.50. The second-order valence-corrected chi connectivity index (χ2v) is 10.4. The van der Waals surface area contributed by atoms with Crippen molar-refractivity contribution in [2.75, 3.05) is 35.3 Å². The third kappa shape index (κ3) is 7.78. The normalized spacial score (nSPS) is 11.1. The van der Waals surface area contributed by atoms with Gasteiger partial charge in [0.1, 0.15) is 12.4 Å². The maximum absolute atomic E-state index is 12.0. The summed E-state index contributed by atoms with van der Waals surface area (Å²) in [5.74, 6) is 0.780. The van der Waals surface area contributed by atoms with E-state index in [1.165, 1.54) is 0 Å². The predicted octanol–water partition coefficient (Wildman–Crippen LogP) is 7.11. The summed E-state index contributed by atoms with van der Waals surface area (Å²) in [5, 5.41) is 16.2. The Bertz CT molecular complexity index is 1810. The molecule has 0 atom stereocenters. The molecule has 45 heavy (non-hydrogen) atoms. The zero-order valence-corrected chi connectivity index (χ0v) is 26.3. The fourth-order valence-electron chi connectivity index (χ4n) is 4.34. The number of fused-ring (bicyclic) bond motifs is 1. The molecule has 0 aliphatic rings. The van der Waals surface area contributed by atoms with Crippen molar-refractivity contribution in [2.45, 2.75) is 27.4 Å². The highest BCUT2D eigenvalue weighted by Gasteiger charge is 2.15. The molecule has 12 nitrogen and oxygen atoms in total. The first-order valence-corrected chi connectivity index (χ1v) is 14.9. The number of hydrogen-bond donors (Lipinski definition) is 2. The number of nitrogens with one attached hydrogen (secondary N) is 2. The lowest BCUT2D eigenvalue weighted by molar-refractivity contribution is 0.0526. The fourth-order valence-corrected chi connectivity index (χ4v) is 4.80. The van der Waals surface area contributed by atoms with Crippen molar-refractivity contribution < 1.29 is 18.9 Å². The zero-order chi connectivity index (χ0) is 31.8. The molecule has 0 spiro atoms. The molecule has 14 heteroatoms. The topological polar surface area (TPSA) is 140 Å². The van der Waals surface area contributed by atoms with Gasteiger partial charge in [-0.15, -0.1) is 0 Å². The molecule has 0 saturated heterocycles. The third-order valence-electron chi connectivity index (χ3n) is 6.67. The molecule has 0 bridgehead atoms. The molecule has 2 N–H and O–H groups in total. The monoisotopic (exact) mass is 648 g/mol. The van der Waals surface area contributed by atoms with Crippen molar-refractivity contribution in [3.8, 4) is 5.75 Å². The highest BCUT2D eigenvalue weighted by atomic mass is 35.5. The molecule has 0 radical (unpaired) electrons. The van der Waals surface area contributed by atoms with E-state index in [1.54, 1.807) is 49.5 Å². The lowest BCUT2D eigenvalue weighted by Crippen LogP contribution is -2.21. The summed E-state index contributed by atoms with van der Waals surface area (Å²) in [6.45, 7) is 8.15. The number of rotatable bonds is 13. The van der Waals surface area contributed by atoms with Crippen LogP contribution in [0.4, 0.5) is 23.0 Å². The van der Waals surface area contributed by atoms with E-state index >= 15 is 0 Å². The molecule has 0 aliphatic carbocycles. The summed E-state index contributed by atoms with van der Waals surface area (Å²) in [5.41, 5.74) is 6.93. The number of halogens is 2. The Labute approximate surface area is 269 Å². The lowest BCUT2D eigenvalue weighted by atomic mass is 10.1. The maximum atomic E-state index is 12.0. The summed E-state index contributed by atoms with van der Waals surface area (Å²) >= 11 is 12.5. The number of carbonyl (C=O) groups is 1. The highest BCUT2D eigenvalue weighted by molar-refractivity contribution is 6.35. The first-order valence-electron chi connectivity index (χ1n) is 14.2. The van der Waals surface area contributed by atoms with Gasteiger partial charge in [0.15, 0.2) is 11.6 Å². The van der Waals surface area contributed by atoms with Gasteiger partial charge in [-0.05, 0) is 79.6 Å². The maximum Gasteiger partial charge on any atom is 0.338 e. The van der Waals surface area contributed by atoms with Gasteiger partial charge >= 0.3 is 5.97 Å². The minimum absolute atomic E-state index is 0.198. The van der Waals surface area contributed by atoms with Crippen LogP contribution in [0.2, 0.25) is 10.0 Å². The van der Waals surface area contributed by atoms with Gasteiger partial charge in [-0.3, -0.25) is 5.43 Å². The largest absolute Gasteiger partial charge is 0.488 e. The Morgan fingerprint density at radius 3 is 2.38 bits per heavy atom. The molecule has 0 amide bonds. The Morgan fingerprint density at radius 2 is 1.69 bits per heavy atom. The Balaban J connectivity index is 1.39. The molecule has 2 heterocycles. The number of esters is 1. The van der Waals surface area contributed by atoms with E-state index < -0.39 is 5.97 Å². The van der Waals surface area contributed by atoms with E-state index in [2.05, 4.69) is 54.9 Å². The molecule has 5 aromatic rings. The minimum Gasteiger partial charge on any atom is -0.488 e. The molecule has 0 fully saturated rings. The Morgan fingerprint density at radius 1 is 0.956 bits per heavy atom. The molecule has 2 aromatic heterocycles. The summed E-state index contributed by atoms with van der Waals surface area (Å²) in [6, 6.07) is 17.9. The van der Waals surface area contributed by atoms with E-state index in [9.17, 15) is 4.79 Å². The predicted molar refractivity (Wildman–Crippen MR) is 175 cm³/mol. The zero-order valence-electron chi connectivity index (χ0n) is 24.8. The second-order valence-electron chi connectivity index (χ2n) is 9.54. The lowest BCUT2D eigenvalue weighted by Gasteiger charge is -2.22. The van der Waals surface area contributed by atoms with Crippen LogP contribution < -0.4 is 20.4 Å². The summed E-state index contributed by atoms with van der Waals surface area (Å²) in [7, 11) is 0. The van der Waals surface area contributed by atoms with E-state index in [0.29, 0.717) is 45.0 Å². The number of hydrazone groups is 1. The molecule has 0 aliphatic heterocycles. The molecular weight excluding hydrogens is 619 g/mol. The van der Waals surface area contributed by atoms with E-state index in [1.807, 2.05) is 24.3 Å². The van der Waals surface area contributed by atoms with Crippen molar-refractivity contribution >= 4 is 69.7 Å². The van der Waals surface area contributed by atoms with Gasteiger partial charge in [0.05, 0.1) is 18.4 Å². The molecule has 5 rings (SSSR count). The number of hydrogen-bond acceptors (Lipinski definition) is 12. The first kappa shape index (κ1) is 31.5. The van der Waals surface area contributed by atoms with Crippen LogP contribution in [0.25, 0.3) is 11.3 Å². The quantitative estimate of drug-likeness (QED) is 0.0766. The summed E-state index contributed by atoms with van der Waals surface area (Å²) in [6.07, 6.45) is 1.62. The van der Waals surface area contributed by atoms with Gasteiger partial charge < -0.3 is 19.7 Å². The summed E-state index contributed by atoms with van der Waals surface area (Å²) < 4.78 is 16.1. The molecule has 232 valence electrons. The van der Waals surface area contributed by atoms with Crippen molar-refractivity contribution in [3.05, 3.63) is 87.4 Å². The van der Waals surface area contributed by atoms with Gasteiger partial charge in [-0.1, -0.05) is 29.3 Å². The van der Waals surface area contributed by atoms with E-state index in [-0.39, 0.29) is 23.7 Å². The third-order valence-corrected chi connectivity index (χ3v) is 7.26. The van der Waals surface area contributed by atoms with Crippen LogP contribution in [-0.4, -0.2) is 52.2 Å². The molecule has 0 saturated carbocycles. The number of benzene rings is 3. The average molecular weight is 650 g/mol. The van der Waals surface area contributed by atoms with Crippen molar-refractivity contribution in [2.24, 2.45) is 5.10 Å². The van der Waals surface area contributed by atoms with Crippen molar-refractivity contribution in [3.63, 3.8) is 0 Å². The number of carbonyl (C=O) groups excluding carboxylic acids is 1. The SMILES string of the molecule is CCOC(=O)c1ccc(Nc2nc3nonc3nc2NN=Cc2ccc(N(CC)CC)cc2OCc2ccc(Cl)cc2Cl)cc1. The van der Waals surface area contributed by atoms with Crippen molar-refractivity contribution in [1.29, 1.82) is 0 Å². The molecule has 0 unspecified atom stereocenters. The Hall–Kier alpha value is -4.94. The minimum atomic E-state index is -0.402. The van der Waals surface area contributed by atoms with Gasteiger partial charge in [-0.25, -0.2) is 14.4 Å². The van der Waals surface area contributed by atoms with Gasteiger partial charge in [-0.2, -0.15) is 10.1 Å². The van der Waals surface area contributed by atoms with Crippen molar-refractivity contribution in [1.82, 2.24) is 20.3 Å². The van der Waals surface area contributed by atoms with Crippen LogP contribution in [0.1, 0.15) is 42.3 Å². The summed E-state index contributed by atoms with van der Waals surface area (Å²) in [4.78, 5) is 23.2. The van der Waals surface area contributed by atoms with Gasteiger partial charge in [0.25, 0.3) is 0 Å². The smallest absolute Gasteiger partial charge is 0.338 e. The second kappa shape index (κ2) is 14.7. The number of anilines is 4. The fraction of sp³-hybridized carbons (Fsp3) is 0.226. The number of aromatic nitrogens is 4. The van der Waals surface area contributed by atoms with E-state index in [0.717, 1.165) is 24.3 Å². The molecular formula is C31H30Cl2N8O4. The molecule has 3 aromatic carbocycles. The first-order chi connectivity index (χ1) is 21.9. The number of nitrogens with zero attached hydrogens (tertiary/aromatic N) is 6. The van der Waals surface area contributed by atoms with Crippen LogP contribution in [-0.2, 0) is 11.3 Å². The number of ether oxygens (including phenoxy) is 2.